The number of nitrogens with one attached hydrogen (secondary N) is 2. The fraction of sp³-hybridized carbons (Fsp3) is 0.750. The van der Waals surface area contributed by atoms with Crippen molar-refractivity contribution < 1.29 is 29.4 Å². The molecule has 0 aromatic rings. The zero-order valence-electron chi connectivity index (χ0n) is 14.7. The summed E-state index contributed by atoms with van der Waals surface area (Å²) in [6.07, 6.45) is 3.76. The first-order valence-corrected chi connectivity index (χ1v) is 11.0. The lowest BCUT2D eigenvalue weighted by Gasteiger charge is -2.19. The molecule has 1 aliphatic rings. The molecule has 0 aromatic carbocycles. The van der Waals surface area contributed by atoms with Crippen molar-refractivity contribution in [3.63, 3.8) is 0 Å². The molecular weight excluding hydrogens is 380 g/mol. The van der Waals surface area contributed by atoms with Crippen molar-refractivity contribution in [3.05, 3.63) is 0 Å². The SMILES string of the molecule is C[C@H](NC(=O)[C@H](CCC(=O)O)NC(=O)CCCC[C@@H]1CCSS1)C(=O)O. The standard InChI is InChI=1S/C16H26N2O6S2/c1-10(16(23)24)17-15(22)12(6-7-14(20)21)18-13(19)5-3-2-4-11-8-9-25-26-11/h10-12H,2-9H2,1H3,(H,17,22)(H,18,19)(H,20,21)(H,23,24)/t10-,11+,12-/m0/s1. The Morgan fingerprint density at radius 2 is 1.85 bits per heavy atom. The van der Waals surface area contributed by atoms with Crippen molar-refractivity contribution in [1.82, 2.24) is 10.6 Å². The number of carboxylic acid groups (broad SMARTS) is 2. The van der Waals surface area contributed by atoms with Gasteiger partial charge in [0, 0.05) is 23.8 Å². The first kappa shape index (κ1) is 22.6. The van der Waals surface area contributed by atoms with Crippen molar-refractivity contribution in [1.29, 1.82) is 0 Å². The smallest absolute Gasteiger partial charge is 0.325 e. The van der Waals surface area contributed by atoms with E-state index in [0.717, 1.165) is 12.8 Å². The molecule has 8 nitrogen and oxygen atoms in total. The predicted molar refractivity (Wildman–Crippen MR) is 101 cm³/mol. The predicted octanol–water partition coefficient (Wildman–Crippen LogP) is 1.64. The second-order valence-electron chi connectivity index (χ2n) is 6.20. The van der Waals surface area contributed by atoms with Crippen molar-refractivity contribution in [2.75, 3.05) is 5.75 Å². The summed E-state index contributed by atoms with van der Waals surface area (Å²) >= 11 is 0. The van der Waals surface area contributed by atoms with Gasteiger partial charge in [0.2, 0.25) is 11.8 Å². The topological polar surface area (TPSA) is 133 Å². The zero-order valence-corrected chi connectivity index (χ0v) is 16.4. The van der Waals surface area contributed by atoms with Gasteiger partial charge < -0.3 is 20.8 Å². The van der Waals surface area contributed by atoms with Crippen LogP contribution in [0.4, 0.5) is 0 Å². The van der Waals surface area contributed by atoms with Gasteiger partial charge in [0.25, 0.3) is 0 Å². The van der Waals surface area contributed by atoms with E-state index >= 15 is 0 Å². The Kier molecular flexibility index (Phi) is 10.5. The second kappa shape index (κ2) is 12.1. The number of rotatable bonds is 12. The number of unbranched alkanes of at least 4 members (excludes halogenated alkanes) is 1. The molecule has 0 aromatic heterocycles. The highest BCUT2D eigenvalue weighted by Crippen LogP contribution is 2.39. The van der Waals surface area contributed by atoms with Crippen molar-refractivity contribution in [2.45, 2.75) is 69.2 Å². The number of carbonyl (C=O) groups is 4. The van der Waals surface area contributed by atoms with E-state index in [1.807, 2.05) is 21.6 Å². The maximum absolute atomic E-state index is 12.1. The van der Waals surface area contributed by atoms with Crippen LogP contribution in [0.5, 0.6) is 0 Å². The molecule has 1 heterocycles. The summed E-state index contributed by atoms with van der Waals surface area (Å²) in [5.74, 6) is -2.13. The molecule has 1 saturated heterocycles. The summed E-state index contributed by atoms with van der Waals surface area (Å²) in [6.45, 7) is 1.30. The zero-order chi connectivity index (χ0) is 19.5. The van der Waals surface area contributed by atoms with Gasteiger partial charge in [-0.2, -0.15) is 0 Å². The fourth-order valence-electron chi connectivity index (χ4n) is 2.40. The molecule has 3 atom stereocenters. The highest BCUT2D eigenvalue weighted by Gasteiger charge is 2.24. The molecule has 0 aliphatic carbocycles. The number of amides is 2. The molecular formula is C16H26N2O6S2. The van der Waals surface area contributed by atoms with Gasteiger partial charge >= 0.3 is 11.9 Å². The average Bonchev–Trinajstić information content (AvgIpc) is 3.08. The fourth-order valence-corrected chi connectivity index (χ4v) is 5.43. The van der Waals surface area contributed by atoms with Crippen LogP contribution in [0, 0.1) is 0 Å². The molecule has 0 unspecified atom stereocenters. The van der Waals surface area contributed by atoms with Crippen LogP contribution in [-0.4, -0.2) is 57.1 Å². The van der Waals surface area contributed by atoms with E-state index in [1.54, 1.807) is 0 Å². The van der Waals surface area contributed by atoms with Crippen molar-refractivity contribution in [3.8, 4) is 0 Å². The van der Waals surface area contributed by atoms with Gasteiger partial charge in [0.15, 0.2) is 0 Å². The quantitative estimate of drug-likeness (QED) is 0.284. The van der Waals surface area contributed by atoms with Crippen LogP contribution >= 0.6 is 21.6 Å². The molecule has 2 amide bonds. The van der Waals surface area contributed by atoms with Crippen LogP contribution in [-0.2, 0) is 19.2 Å². The van der Waals surface area contributed by atoms with Gasteiger partial charge in [0.05, 0.1) is 0 Å². The monoisotopic (exact) mass is 406 g/mol. The van der Waals surface area contributed by atoms with Gasteiger partial charge in [-0.1, -0.05) is 28.0 Å². The van der Waals surface area contributed by atoms with E-state index < -0.39 is 29.9 Å². The number of carboxylic acids is 2. The number of carbonyl (C=O) groups excluding carboxylic acids is 2. The Labute approximate surface area is 160 Å². The molecule has 4 N–H and O–H groups in total. The largest absolute Gasteiger partial charge is 0.481 e. The molecule has 0 saturated carbocycles. The molecule has 26 heavy (non-hydrogen) atoms. The Morgan fingerprint density at radius 1 is 1.12 bits per heavy atom. The lowest BCUT2D eigenvalue weighted by Crippen LogP contribution is -2.50. The lowest BCUT2D eigenvalue weighted by atomic mass is 10.1. The van der Waals surface area contributed by atoms with Crippen molar-refractivity contribution in [2.24, 2.45) is 0 Å². The maximum Gasteiger partial charge on any atom is 0.325 e. The maximum atomic E-state index is 12.1. The van der Waals surface area contributed by atoms with Crippen LogP contribution in [0.1, 0.15) is 51.9 Å². The molecule has 0 radical (unpaired) electrons. The van der Waals surface area contributed by atoms with Gasteiger partial charge in [-0.25, -0.2) is 0 Å². The summed E-state index contributed by atoms with van der Waals surface area (Å²) in [7, 11) is 3.77. The second-order valence-corrected chi connectivity index (χ2v) is 8.98. The van der Waals surface area contributed by atoms with Gasteiger partial charge in [-0.15, -0.1) is 0 Å². The average molecular weight is 407 g/mol. The normalized spacial score (nSPS) is 18.7. The third kappa shape index (κ3) is 9.33. The summed E-state index contributed by atoms with van der Waals surface area (Å²) in [6, 6.07) is -2.17. The minimum absolute atomic E-state index is 0.0881. The molecule has 0 spiro atoms. The highest BCUT2D eigenvalue weighted by molar-refractivity contribution is 8.77. The van der Waals surface area contributed by atoms with Gasteiger partial charge in [-0.05, 0) is 32.6 Å². The van der Waals surface area contributed by atoms with Gasteiger partial charge in [-0.3, -0.25) is 19.2 Å². The Morgan fingerprint density at radius 3 is 2.42 bits per heavy atom. The Hall–Kier alpha value is -1.42. The third-order valence-electron chi connectivity index (χ3n) is 3.93. The summed E-state index contributed by atoms with van der Waals surface area (Å²) < 4.78 is 0. The van der Waals surface area contributed by atoms with Gasteiger partial charge in [0.1, 0.15) is 12.1 Å². The number of aliphatic carboxylic acids is 2. The highest BCUT2D eigenvalue weighted by atomic mass is 33.1. The van der Waals surface area contributed by atoms with E-state index in [-0.39, 0.29) is 25.2 Å². The number of hydrogen-bond acceptors (Lipinski definition) is 6. The van der Waals surface area contributed by atoms with E-state index in [4.69, 9.17) is 10.2 Å². The summed E-state index contributed by atoms with van der Waals surface area (Å²) in [4.78, 5) is 45.7. The van der Waals surface area contributed by atoms with Crippen LogP contribution in [0.15, 0.2) is 0 Å². The minimum atomic E-state index is -1.20. The van der Waals surface area contributed by atoms with Crippen LogP contribution in [0.2, 0.25) is 0 Å². The van der Waals surface area contributed by atoms with Crippen molar-refractivity contribution >= 4 is 45.3 Å². The molecule has 0 bridgehead atoms. The van der Waals surface area contributed by atoms with Crippen LogP contribution in [0.25, 0.3) is 0 Å². The molecule has 1 rings (SSSR count). The minimum Gasteiger partial charge on any atom is -0.481 e. The summed E-state index contributed by atoms with van der Waals surface area (Å²) in [5, 5.41) is 23.1. The molecule has 148 valence electrons. The summed E-state index contributed by atoms with van der Waals surface area (Å²) in [5.41, 5.74) is 0. The van der Waals surface area contributed by atoms with E-state index in [9.17, 15) is 19.2 Å². The molecule has 10 heteroatoms. The Bertz CT molecular complexity index is 511. The first-order chi connectivity index (χ1) is 12.3. The lowest BCUT2D eigenvalue weighted by molar-refractivity contribution is -0.142. The molecule has 1 aliphatic heterocycles. The third-order valence-corrected chi connectivity index (χ3v) is 6.94. The van der Waals surface area contributed by atoms with Crippen LogP contribution in [0.3, 0.4) is 0 Å². The van der Waals surface area contributed by atoms with Crippen LogP contribution < -0.4 is 10.6 Å². The Balaban J connectivity index is 2.41. The van der Waals surface area contributed by atoms with E-state index in [2.05, 4.69) is 10.6 Å². The van der Waals surface area contributed by atoms with E-state index in [0.29, 0.717) is 11.7 Å². The molecule has 1 fully saturated rings. The van der Waals surface area contributed by atoms with E-state index in [1.165, 1.54) is 19.1 Å². The first-order valence-electron chi connectivity index (χ1n) is 8.62. The number of hydrogen-bond donors (Lipinski definition) is 4.